The molecule has 6 nitrogen and oxygen atoms in total. The largest absolute Gasteiger partial charge is 0.444 e. The number of amides is 1. The Morgan fingerprint density at radius 1 is 1.45 bits per heavy atom. The van der Waals surface area contributed by atoms with Crippen LogP contribution in [0, 0.1) is 13.8 Å². The van der Waals surface area contributed by atoms with Crippen molar-refractivity contribution in [2.45, 2.75) is 59.7 Å². The van der Waals surface area contributed by atoms with Gasteiger partial charge in [0.25, 0.3) is 0 Å². The van der Waals surface area contributed by atoms with Crippen molar-refractivity contribution in [3.05, 3.63) is 17.0 Å². The van der Waals surface area contributed by atoms with Gasteiger partial charge in [0.15, 0.2) is 0 Å². The van der Waals surface area contributed by atoms with E-state index < -0.39 is 11.7 Å². The second-order valence-electron chi connectivity index (χ2n) is 5.83. The van der Waals surface area contributed by atoms with Gasteiger partial charge in [-0.05, 0) is 41.5 Å². The molecule has 0 bridgehead atoms. The Kier molecular flexibility index (Phi) is 5.16. The molecule has 20 heavy (non-hydrogen) atoms. The van der Waals surface area contributed by atoms with Crippen LogP contribution in [-0.2, 0) is 11.3 Å². The van der Waals surface area contributed by atoms with Gasteiger partial charge in [-0.1, -0.05) is 0 Å². The van der Waals surface area contributed by atoms with Crippen molar-refractivity contribution in [2.24, 2.45) is 5.73 Å². The molecule has 1 unspecified atom stereocenters. The molecule has 114 valence electrons. The summed E-state index contributed by atoms with van der Waals surface area (Å²) in [6.45, 7) is 12.5. The third kappa shape index (κ3) is 3.96. The molecule has 0 fully saturated rings. The topological polar surface area (TPSA) is 82.2 Å². The zero-order valence-corrected chi connectivity index (χ0v) is 13.3. The van der Waals surface area contributed by atoms with Gasteiger partial charge in [0.05, 0.1) is 11.7 Å². The van der Waals surface area contributed by atoms with Gasteiger partial charge in [-0.2, -0.15) is 5.10 Å². The monoisotopic (exact) mass is 282 g/mol. The summed E-state index contributed by atoms with van der Waals surface area (Å²) in [4.78, 5) is 11.9. The van der Waals surface area contributed by atoms with Crippen LogP contribution in [0.2, 0.25) is 0 Å². The predicted octanol–water partition coefficient (Wildman–Crippen LogP) is 2.04. The third-order valence-electron chi connectivity index (χ3n) is 3.01. The van der Waals surface area contributed by atoms with Gasteiger partial charge in [0.2, 0.25) is 0 Å². The van der Waals surface area contributed by atoms with Crippen molar-refractivity contribution >= 4 is 6.09 Å². The number of nitrogens with one attached hydrogen (secondary N) is 1. The molecule has 0 spiro atoms. The average molecular weight is 282 g/mol. The molecule has 0 aliphatic heterocycles. The van der Waals surface area contributed by atoms with E-state index in [0.29, 0.717) is 6.54 Å². The van der Waals surface area contributed by atoms with Gasteiger partial charge in [-0.25, -0.2) is 4.79 Å². The highest BCUT2D eigenvalue weighted by molar-refractivity contribution is 5.68. The molecule has 0 saturated carbocycles. The summed E-state index contributed by atoms with van der Waals surface area (Å²) >= 11 is 0. The molecule has 0 aromatic carbocycles. The highest BCUT2D eigenvalue weighted by atomic mass is 16.6. The first kappa shape index (κ1) is 16.5. The number of carbonyl (C=O) groups excluding carboxylic acids is 1. The van der Waals surface area contributed by atoms with Crippen LogP contribution >= 0.6 is 0 Å². The minimum absolute atomic E-state index is 0.287. The Morgan fingerprint density at radius 2 is 2.05 bits per heavy atom. The Hall–Kier alpha value is -1.56. The Balaban J connectivity index is 2.92. The van der Waals surface area contributed by atoms with Crippen LogP contribution in [0.4, 0.5) is 4.79 Å². The normalized spacial score (nSPS) is 13.2. The van der Waals surface area contributed by atoms with E-state index >= 15 is 0 Å². The minimum Gasteiger partial charge on any atom is -0.444 e. The van der Waals surface area contributed by atoms with E-state index in [1.54, 1.807) is 0 Å². The van der Waals surface area contributed by atoms with Gasteiger partial charge in [-0.3, -0.25) is 4.68 Å². The number of aromatic nitrogens is 2. The summed E-state index contributed by atoms with van der Waals surface area (Å²) < 4.78 is 7.18. The Bertz CT molecular complexity index is 474. The molecule has 1 heterocycles. The van der Waals surface area contributed by atoms with Gasteiger partial charge in [0, 0.05) is 24.3 Å². The van der Waals surface area contributed by atoms with Crippen LogP contribution in [0.1, 0.15) is 50.7 Å². The first-order chi connectivity index (χ1) is 9.19. The number of nitrogens with zero attached hydrogens (tertiary/aromatic N) is 2. The molecule has 1 atom stereocenters. The SMILES string of the molecule is CCn1nc(C)c(C(CN)NC(=O)OC(C)(C)C)c1C. The zero-order chi connectivity index (χ0) is 15.5. The maximum atomic E-state index is 11.9. The number of hydrogen-bond donors (Lipinski definition) is 2. The second kappa shape index (κ2) is 6.26. The minimum atomic E-state index is -0.527. The van der Waals surface area contributed by atoms with Crippen LogP contribution in [0.3, 0.4) is 0 Å². The maximum Gasteiger partial charge on any atom is 0.408 e. The van der Waals surface area contributed by atoms with Gasteiger partial charge in [-0.15, -0.1) is 0 Å². The van der Waals surface area contributed by atoms with E-state index in [2.05, 4.69) is 10.4 Å². The summed E-state index contributed by atoms with van der Waals surface area (Å²) in [5.41, 5.74) is 8.15. The fourth-order valence-electron chi connectivity index (χ4n) is 2.22. The lowest BCUT2D eigenvalue weighted by atomic mass is 10.1. The highest BCUT2D eigenvalue weighted by Gasteiger charge is 2.24. The van der Waals surface area contributed by atoms with Crippen LogP contribution in [0.25, 0.3) is 0 Å². The third-order valence-corrected chi connectivity index (χ3v) is 3.01. The molecule has 1 aromatic rings. The van der Waals surface area contributed by atoms with Crippen LogP contribution in [0.15, 0.2) is 0 Å². The molecule has 0 aliphatic rings. The maximum absolute atomic E-state index is 11.9. The first-order valence-corrected chi connectivity index (χ1v) is 6.93. The molecular formula is C14H26N4O2. The van der Waals surface area contributed by atoms with E-state index in [9.17, 15) is 4.79 Å². The Labute approximate surface area is 120 Å². The van der Waals surface area contributed by atoms with Crippen molar-refractivity contribution in [3.8, 4) is 0 Å². The van der Waals surface area contributed by atoms with Crippen molar-refractivity contribution in [1.82, 2.24) is 15.1 Å². The van der Waals surface area contributed by atoms with Crippen LogP contribution in [0.5, 0.6) is 0 Å². The fourth-order valence-corrected chi connectivity index (χ4v) is 2.22. The van der Waals surface area contributed by atoms with Gasteiger partial charge in [0.1, 0.15) is 5.60 Å². The van der Waals surface area contributed by atoms with E-state index in [-0.39, 0.29) is 6.04 Å². The zero-order valence-electron chi connectivity index (χ0n) is 13.3. The molecule has 1 rings (SSSR count). The number of carbonyl (C=O) groups is 1. The first-order valence-electron chi connectivity index (χ1n) is 6.93. The molecule has 0 saturated heterocycles. The average Bonchev–Trinajstić information content (AvgIpc) is 2.59. The van der Waals surface area contributed by atoms with E-state index in [1.165, 1.54) is 0 Å². The highest BCUT2D eigenvalue weighted by Crippen LogP contribution is 2.21. The Morgan fingerprint density at radius 3 is 2.45 bits per heavy atom. The molecule has 1 aromatic heterocycles. The quantitative estimate of drug-likeness (QED) is 0.885. The molecule has 1 amide bonds. The summed E-state index contributed by atoms with van der Waals surface area (Å²) in [5, 5.41) is 7.27. The van der Waals surface area contributed by atoms with E-state index in [1.807, 2.05) is 46.2 Å². The van der Waals surface area contributed by atoms with Crippen LogP contribution < -0.4 is 11.1 Å². The molecular weight excluding hydrogens is 256 g/mol. The predicted molar refractivity (Wildman–Crippen MR) is 78.5 cm³/mol. The smallest absolute Gasteiger partial charge is 0.408 e. The molecule has 3 N–H and O–H groups in total. The molecule has 0 aliphatic carbocycles. The molecule has 0 radical (unpaired) electrons. The molecule has 6 heteroatoms. The number of rotatable bonds is 4. The number of nitrogens with two attached hydrogens (primary N) is 1. The van der Waals surface area contributed by atoms with Gasteiger partial charge >= 0.3 is 6.09 Å². The summed E-state index contributed by atoms with van der Waals surface area (Å²) in [6.07, 6.45) is -0.462. The number of alkyl carbamates (subject to hydrolysis) is 1. The lowest BCUT2D eigenvalue weighted by Crippen LogP contribution is -2.38. The lowest BCUT2D eigenvalue weighted by molar-refractivity contribution is 0.0505. The standard InChI is InChI=1S/C14H26N4O2/c1-7-18-10(3)12(9(2)17-18)11(8-15)16-13(19)20-14(4,5)6/h11H,7-8,15H2,1-6H3,(H,16,19). The van der Waals surface area contributed by atoms with Crippen molar-refractivity contribution in [2.75, 3.05) is 6.54 Å². The second-order valence-corrected chi connectivity index (χ2v) is 5.83. The summed E-state index contributed by atoms with van der Waals surface area (Å²) in [6, 6.07) is -0.287. The lowest BCUT2D eigenvalue weighted by Gasteiger charge is -2.23. The number of hydrogen-bond acceptors (Lipinski definition) is 4. The number of ether oxygens (including phenoxy) is 1. The fraction of sp³-hybridized carbons (Fsp3) is 0.714. The van der Waals surface area contributed by atoms with Crippen molar-refractivity contribution in [3.63, 3.8) is 0 Å². The van der Waals surface area contributed by atoms with Crippen molar-refractivity contribution in [1.29, 1.82) is 0 Å². The summed E-state index contributed by atoms with van der Waals surface area (Å²) in [5.74, 6) is 0. The van der Waals surface area contributed by atoms with E-state index in [4.69, 9.17) is 10.5 Å². The van der Waals surface area contributed by atoms with E-state index in [0.717, 1.165) is 23.5 Å². The summed E-state index contributed by atoms with van der Waals surface area (Å²) in [7, 11) is 0. The number of aryl methyl sites for hydroxylation is 2. The van der Waals surface area contributed by atoms with Crippen molar-refractivity contribution < 1.29 is 9.53 Å². The van der Waals surface area contributed by atoms with Crippen LogP contribution in [-0.4, -0.2) is 28.0 Å². The van der Waals surface area contributed by atoms with Gasteiger partial charge < -0.3 is 15.8 Å².